The van der Waals surface area contributed by atoms with Gasteiger partial charge in [-0.15, -0.1) is 0 Å². The maximum absolute atomic E-state index is 13.1. The van der Waals surface area contributed by atoms with Crippen molar-refractivity contribution in [2.24, 2.45) is 0 Å². The number of anilines is 3. The van der Waals surface area contributed by atoms with Crippen LogP contribution >= 0.6 is 0 Å². The molecule has 38 heavy (non-hydrogen) atoms. The van der Waals surface area contributed by atoms with Crippen LogP contribution < -0.4 is 14.8 Å². The number of sulfonamides is 2. The van der Waals surface area contributed by atoms with E-state index in [1.165, 1.54) is 36.4 Å². The number of hydrogen-bond donors (Lipinski definition) is 3. The lowest BCUT2D eigenvalue weighted by atomic mass is 10.1. The van der Waals surface area contributed by atoms with E-state index in [2.05, 4.69) is 14.8 Å². The summed E-state index contributed by atoms with van der Waals surface area (Å²) in [7, 11) is -7.76. The molecule has 4 aromatic rings. The number of nitrogens with one attached hydrogen (secondary N) is 3. The summed E-state index contributed by atoms with van der Waals surface area (Å²) < 4.78 is 56.5. The molecule has 0 aliphatic rings. The lowest BCUT2D eigenvalue weighted by Gasteiger charge is -2.13. The molecule has 8 nitrogen and oxygen atoms in total. The Bertz CT molecular complexity index is 1700. The van der Waals surface area contributed by atoms with E-state index in [1.54, 1.807) is 55.5 Å². The summed E-state index contributed by atoms with van der Waals surface area (Å²) in [5, 5.41) is 2.68. The normalized spacial score (nSPS) is 11.6. The van der Waals surface area contributed by atoms with Crippen molar-refractivity contribution in [3.8, 4) is 0 Å². The molecule has 0 aliphatic heterocycles. The van der Waals surface area contributed by atoms with Crippen molar-refractivity contribution in [1.82, 2.24) is 0 Å². The Kier molecular flexibility index (Phi) is 7.56. The molecule has 4 aromatic carbocycles. The zero-order valence-electron chi connectivity index (χ0n) is 21.0. The maximum Gasteiger partial charge on any atom is 0.262 e. The monoisotopic (exact) mass is 549 g/mol. The molecule has 4 rings (SSSR count). The molecule has 0 atom stereocenters. The van der Waals surface area contributed by atoms with Crippen LogP contribution in [0.3, 0.4) is 0 Å². The Morgan fingerprint density at radius 1 is 0.579 bits per heavy atom. The Labute approximate surface area is 222 Å². The molecule has 1 amide bonds. The minimum absolute atomic E-state index is 0.0168. The van der Waals surface area contributed by atoms with Crippen molar-refractivity contribution in [3.63, 3.8) is 0 Å². The van der Waals surface area contributed by atoms with Crippen LogP contribution in [0, 0.1) is 20.8 Å². The average Bonchev–Trinajstić information content (AvgIpc) is 2.87. The molecule has 0 unspecified atom stereocenters. The maximum atomic E-state index is 13.1. The van der Waals surface area contributed by atoms with Gasteiger partial charge < -0.3 is 5.32 Å². The van der Waals surface area contributed by atoms with Gasteiger partial charge in [0.2, 0.25) is 0 Å². The second kappa shape index (κ2) is 10.7. The third-order valence-corrected chi connectivity index (χ3v) is 8.87. The van der Waals surface area contributed by atoms with Crippen molar-refractivity contribution in [2.45, 2.75) is 30.6 Å². The summed E-state index contributed by atoms with van der Waals surface area (Å²) in [5.74, 6) is -0.536. The zero-order chi connectivity index (χ0) is 27.5. The number of aryl methyl sites for hydroxylation is 3. The second-order valence-electron chi connectivity index (χ2n) is 8.83. The fourth-order valence-electron chi connectivity index (χ4n) is 3.69. The number of para-hydroxylation sites is 1. The van der Waals surface area contributed by atoms with Crippen LogP contribution in [0.1, 0.15) is 27.0 Å². The smallest absolute Gasteiger partial charge is 0.262 e. The van der Waals surface area contributed by atoms with Crippen LogP contribution in [0.5, 0.6) is 0 Å². The van der Waals surface area contributed by atoms with Gasteiger partial charge in [0.15, 0.2) is 0 Å². The molecule has 10 heteroatoms. The van der Waals surface area contributed by atoms with E-state index in [0.29, 0.717) is 22.6 Å². The van der Waals surface area contributed by atoms with Gasteiger partial charge in [-0.05, 0) is 98.1 Å². The molecule has 0 radical (unpaired) electrons. The number of carbonyl (C=O) groups is 1. The average molecular weight is 550 g/mol. The van der Waals surface area contributed by atoms with Gasteiger partial charge in [-0.1, -0.05) is 30.3 Å². The summed E-state index contributed by atoms with van der Waals surface area (Å²) >= 11 is 0. The number of hydrogen-bond acceptors (Lipinski definition) is 5. The van der Waals surface area contributed by atoms with E-state index in [1.807, 2.05) is 19.9 Å². The van der Waals surface area contributed by atoms with Crippen molar-refractivity contribution in [1.29, 1.82) is 0 Å². The van der Waals surface area contributed by atoms with Crippen molar-refractivity contribution in [2.75, 3.05) is 14.8 Å². The first-order chi connectivity index (χ1) is 17.9. The van der Waals surface area contributed by atoms with Crippen LogP contribution in [0.2, 0.25) is 0 Å². The van der Waals surface area contributed by atoms with Gasteiger partial charge in [0, 0.05) is 22.6 Å². The van der Waals surface area contributed by atoms with Gasteiger partial charge in [0.05, 0.1) is 9.79 Å². The molecule has 0 saturated carbocycles. The Morgan fingerprint density at radius 3 is 1.84 bits per heavy atom. The summed E-state index contributed by atoms with van der Waals surface area (Å²) in [6.07, 6.45) is 0. The van der Waals surface area contributed by atoms with E-state index in [9.17, 15) is 21.6 Å². The number of benzene rings is 4. The number of amides is 1. The third-order valence-electron chi connectivity index (χ3n) is 5.95. The van der Waals surface area contributed by atoms with E-state index in [4.69, 9.17) is 0 Å². The van der Waals surface area contributed by atoms with Gasteiger partial charge in [0.25, 0.3) is 26.0 Å². The van der Waals surface area contributed by atoms with Crippen LogP contribution in [0.4, 0.5) is 17.1 Å². The summed E-state index contributed by atoms with van der Waals surface area (Å²) in [4.78, 5) is 12.9. The Morgan fingerprint density at radius 2 is 1.18 bits per heavy atom. The molecular formula is C28H27N3O5S2. The Hall–Kier alpha value is -4.15. The molecule has 196 valence electrons. The molecule has 3 N–H and O–H groups in total. The van der Waals surface area contributed by atoms with E-state index >= 15 is 0 Å². The summed E-state index contributed by atoms with van der Waals surface area (Å²) in [5.41, 5.74) is 3.83. The van der Waals surface area contributed by atoms with Gasteiger partial charge in [-0.3, -0.25) is 14.2 Å². The lowest BCUT2D eigenvalue weighted by Crippen LogP contribution is -2.17. The van der Waals surface area contributed by atoms with Crippen LogP contribution in [-0.2, 0) is 20.0 Å². The predicted molar refractivity (Wildman–Crippen MR) is 150 cm³/mol. The molecule has 0 fully saturated rings. The van der Waals surface area contributed by atoms with Crippen molar-refractivity contribution in [3.05, 3.63) is 113 Å². The van der Waals surface area contributed by atoms with Crippen LogP contribution in [0.25, 0.3) is 0 Å². The fraction of sp³-hybridized carbons (Fsp3) is 0.107. The third kappa shape index (κ3) is 6.21. The Balaban J connectivity index is 1.50. The van der Waals surface area contributed by atoms with Gasteiger partial charge in [-0.25, -0.2) is 16.8 Å². The molecule has 0 bridgehead atoms. The SMILES string of the molecule is Cc1ccc(NS(=O)(=O)c2cc(C(=O)Nc3ccc(S(=O)(=O)Nc4ccccc4)cc3)ccc2C)cc1C. The number of carbonyl (C=O) groups excluding carboxylic acids is 1. The quantitative estimate of drug-likeness (QED) is 0.269. The summed E-state index contributed by atoms with van der Waals surface area (Å²) in [6.45, 7) is 5.48. The minimum Gasteiger partial charge on any atom is -0.322 e. The molecular weight excluding hydrogens is 522 g/mol. The highest BCUT2D eigenvalue weighted by atomic mass is 32.2. The van der Waals surface area contributed by atoms with E-state index < -0.39 is 26.0 Å². The first-order valence-electron chi connectivity index (χ1n) is 11.6. The van der Waals surface area contributed by atoms with Crippen LogP contribution in [0.15, 0.2) is 101 Å². The van der Waals surface area contributed by atoms with Gasteiger partial charge in [0.1, 0.15) is 0 Å². The summed E-state index contributed by atoms with van der Waals surface area (Å²) in [6, 6.07) is 23.8. The molecule has 0 spiro atoms. The molecule has 0 aromatic heterocycles. The zero-order valence-corrected chi connectivity index (χ0v) is 22.7. The molecule has 0 aliphatic carbocycles. The van der Waals surface area contributed by atoms with E-state index in [-0.39, 0.29) is 15.4 Å². The largest absolute Gasteiger partial charge is 0.322 e. The second-order valence-corrected chi connectivity index (χ2v) is 12.2. The molecule has 0 saturated heterocycles. The fourth-order valence-corrected chi connectivity index (χ4v) is 6.07. The minimum atomic E-state index is -3.95. The van der Waals surface area contributed by atoms with Gasteiger partial charge in [-0.2, -0.15) is 0 Å². The van der Waals surface area contributed by atoms with Gasteiger partial charge >= 0.3 is 0 Å². The number of rotatable bonds is 8. The van der Waals surface area contributed by atoms with Crippen LogP contribution in [-0.4, -0.2) is 22.7 Å². The van der Waals surface area contributed by atoms with Crippen molar-refractivity contribution < 1.29 is 21.6 Å². The first-order valence-corrected chi connectivity index (χ1v) is 14.6. The standard InChI is InChI=1S/C28H27N3O5S2/c1-19-10-12-25(17-21(19)3)31-38(35,36)27-18-22(11-9-20(27)2)28(32)29-23-13-15-26(16-14-23)37(33,34)30-24-7-5-4-6-8-24/h4-18,30-31H,1-3H3,(H,29,32). The first kappa shape index (κ1) is 26.9. The van der Waals surface area contributed by atoms with Crippen molar-refractivity contribution >= 4 is 43.0 Å². The predicted octanol–water partition coefficient (Wildman–Crippen LogP) is 5.47. The highest BCUT2D eigenvalue weighted by molar-refractivity contribution is 7.93. The van der Waals surface area contributed by atoms with E-state index in [0.717, 1.165) is 11.1 Å². The molecule has 0 heterocycles. The lowest BCUT2D eigenvalue weighted by molar-refractivity contribution is 0.102. The highest BCUT2D eigenvalue weighted by Crippen LogP contribution is 2.24. The highest BCUT2D eigenvalue weighted by Gasteiger charge is 2.20. The topological polar surface area (TPSA) is 121 Å².